The Morgan fingerprint density at radius 1 is 1.28 bits per heavy atom. The van der Waals surface area contributed by atoms with E-state index in [2.05, 4.69) is 4.99 Å². The largest absolute Gasteiger partial charge is 0.462 e. The SMILES string of the molecule is CC(C)OC(=O)CN1C(=O)N(c2ccccc2)CSC1=NC(C)(C)C. The Kier molecular flexibility index (Phi) is 6.11. The van der Waals surface area contributed by atoms with Gasteiger partial charge in [0.25, 0.3) is 0 Å². The Morgan fingerprint density at radius 2 is 1.92 bits per heavy atom. The fraction of sp³-hybridized carbons (Fsp3) is 0.500. The number of nitrogens with zero attached hydrogens (tertiary/aromatic N) is 3. The van der Waals surface area contributed by atoms with E-state index in [0.29, 0.717) is 11.0 Å². The monoisotopic (exact) mass is 363 g/mol. The topological polar surface area (TPSA) is 62.2 Å². The first-order chi connectivity index (χ1) is 11.7. The van der Waals surface area contributed by atoms with Crippen molar-refractivity contribution in [3.8, 4) is 0 Å². The van der Waals surface area contributed by atoms with E-state index >= 15 is 0 Å². The van der Waals surface area contributed by atoms with E-state index in [1.807, 2.05) is 51.1 Å². The van der Waals surface area contributed by atoms with Crippen LogP contribution in [0.3, 0.4) is 0 Å². The molecule has 6 nitrogen and oxygen atoms in total. The molecule has 0 aromatic heterocycles. The molecule has 0 atom stereocenters. The van der Waals surface area contributed by atoms with Crippen LogP contribution in [0.4, 0.5) is 10.5 Å². The number of hydrogen-bond donors (Lipinski definition) is 0. The summed E-state index contributed by atoms with van der Waals surface area (Å²) in [4.78, 5) is 32.8. The van der Waals surface area contributed by atoms with Crippen LogP contribution in [0.5, 0.6) is 0 Å². The number of hydrogen-bond acceptors (Lipinski definition) is 5. The smallest absolute Gasteiger partial charge is 0.331 e. The maximum Gasteiger partial charge on any atom is 0.331 e. The zero-order valence-electron chi connectivity index (χ0n) is 15.4. The highest BCUT2D eigenvalue weighted by Gasteiger charge is 2.34. The standard InChI is InChI=1S/C18H25N3O3S/c1-13(2)24-15(22)11-20-16(19-18(3,4)5)25-12-21(17(20)23)14-9-7-6-8-10-14/h6-10,13H,11-12H2,1-5H3. The fourth-order valence-corrected chi connectivity index (χ4v) is 3.36. The van der Waals surface area contributed by atoms with Gasteiger partial charge in [-0.2, -0.15) is 0 Å². The maximum absolute atomic E-state index is 13.0. The zero-order chi connectivity index (χ0) is 18.6. The van der Waals surface area contributed by atoms with E-state index in [-0.39, 0.29) is 24.2 Å². The first-order valence-corrected chi connectivity index (χ1v) is 9.22. The Hall–Kier alpha value is -2.02. The van der Waals surface area contributed by atoms with Crippen LogP contribution < -0.4 is 4.90 Å². The number of ether oxygens (including phenoxy) is 1. The molecule has 1 aromatic carbocycles. The summed E-state index contributed by atoms with van der Waals surface area (Å²) in [6.45, 7) is 9.29. The summed E-state index contributed by atoms with van der Waals surface area (Å²) in [5, 5.41) is 0.547. The molecule has 1 aromatic rings. The van der Waals surface area contributed by atoms with Gasteiger partial charge in [-0.05, 0) is 46.8 Å². The number of para-hydroxylation sites is 1. The number of aliphatic imine (C=N–C) groups is 1. The summed E-state index contributed by atoms with van der Waals surface area (Å²) in [7, 11) is 0. The van der Waals surface area contributed by atoms with E-state index in [4.69, 9.17) is 4.74 Å². The van der Waals surface area contributed by atoms with Crippen LogP contribution in [0.2, 0.25) is 0 Å². The molecule has 1 fully saturated rings. The quantitative estimate of drug-likeness (QED) is 0.765. The first-order valence-electron chi connectivity index (χ1n) is 8.23. The molecule has 0 unspecified atom stereocenters. The van der Waals surface area contributed by atoms with Crippen LogP contribution in [0, 0.1) is 0 Å². The second-order valence-corrected chi connectivity index (χ2v) is 7.92. The molecule has 0 saturated carbocycles. The number of benzene rings is 1. The Labute approximate surface area is 153 Å². The lowest BCUT2D eigenvalue weighted by atomic mass is 10.1. The highest BCUT2D eigenvalue weighted by atomic mass is 32.2. The fourth-order valence-electron chi connectivity index (χ4n) is 2.22. The number of thioether (sulfide) groups is 1. The zero-order valence-corrected chi connectivity index (χ0v) is 16.2. The number of carbonyl (C=O) groups excluding carboxylic acids is 2. The summed E-state index contributed by atoms with van der Waals surface area (Å²) in [6, 6.07) is 9.13. The van der Waals surface area contributed by atoms with Crippen molar-refractivity contribution in [2.24, 2.45) is 4.99 Å². The van der Waals surface area contributed by atoms with Crippen molar-refractivity contribution in [2.45, 2.75) is 46.3 Å². The molecule has 0 spiro atoms. The van der Waals surface area contributed by atoms with E-state index in [1.54, 1.807) is 18.7 Å². The lowest BCUT2D eigenvalue weighted by molar-refractivity contribution is -0.147. The molecule has 0 radical (unpaired) electrons. The third-order valence-electron chi connectivity index (χ3n) is 3.17. The minimum Gasteiger partial charge on any atom is -0.462 e. The normalized spacial score (nSPS) is 17.4. The van der Waals surface area contributed by atoms with E-state index < -0.39 is 5.97 Å². The molecule has 1 aliphatic rings. The van der Waals surface area contributed by atoms with Crippen molar-refractivity contribution in [3.05, 3.63) is 30.3 Å². The van der Waals surface area contributed by atoms with Gasteiger partial charge in [-0.1, -0.05) is 30.0 Å². The molecule has 1 saturated heterocycles. The minimum absolute atomic E-state index is 0.151. The Bertz CT molecular complexity index is 653. The van der Waals surface area contributed by atoms with Crippen LogP contribution in [0.25, 0.3) is 0 Å². The third kappa shape index (κ3) is 5.49. The number of carbonyl (C=O) groups is 2. The molecule has 2 rings (SSSR count). The lowest BCUT2D eigenvalue weighted by Crippen LogP contribution is -2.52. The summed E-state index contributed by atoms with van der Waals surface area (Å²) in [6.07, 6.45) is -0.228. The molecular formula is C18H25N3O3S. The molecule has 1 heterocycles. The number of amidine groups is 1. The van der Waals surface area contributed by atoms with Crippen LogP contribution in [-0.4, -0.2) is 46.1 Å². The second kappa shape index (κ2) is 7.91. The van der Waals surface area contributed by atoms with Crippen molar-refractivity contribution in [1.29, 1.82) is 0 Å². The number of amides is 2. The van der Waals surface area contributed by atoms with E-state index in [1.165, 1.54) is 16.7 Å². The highest BCUT2D eigenvalue weighted by Crippen LogP contribution is 2.27. The highest BCUT2D eigenvalue weighted by molar-refractivity contribution is 8.14. The van der Waals surface area contributed by atoms with Crippen molar-refractivity contribution < 1.29 is 14.3 Å². The summed E-state index contributed by atoms with van der Waals surface area (Å²) in [5.74, 6) is 0.00786. The molecular weight excluding hydrogens is 338 g/mol. The van der Waals surface area contributed by atoms with Gasteiger partial charge >= 0.3 is 12.0 Å². The summed E-state index contributed by atoms with van der Waals surface area (Å²) < 4.78 is 5.21. The van der Waals surface area contributed by atoms with Crippen LogP contribution in [0.15, 0.2) is 35.3 Å². The maximum atomic E-state index is 13.0. The van der Waals surface area contributed by atoms with Gasteiger partial charge < -0.3 is 4.74 Å². The van der Waals surface area contributed by atoms with E-state index in [0.717, 1.165) is 5.69 Å². The predicted octanol–water partition coefficient (Wildman–Crippen LogP) is 3.73. The van der Waals surface area contributed by atoms with Gasteiger partial charge in [0.15, 0.2) is 5.17 Å². The third-order valence-corrected chi connectivity index (χ3v) is 4.13. The van der Waals surface area contributed by atoms with Crippen molar-refractivity contribution in [1.82, 2.24) is 4.90 Å². The van der Waals surface area contributed by atoms with Gasteiger partial charge in [0, 0.05) is 5.69 Å². The number of urea groups is 1. The summed E-state index contributed by atoms with van der Waals surface area (Å²) >= 11 is 1.44. The van der Waals surface area contributed by atoms with Crippen molar-refractivity contribution in [3.63, 3.8) is 0 Å². The van der Waals surface area contributed by atoms with Gasteiger partial charge in [0.05, 0.1) is 17.5 Å². The van der Waals surface area contributed by atoms with E-state index in [9.17, 15) is 9.59 Å². The lowest BCUT2D eigenvalue weighted by Gasteiger charge is -2.36. The average Bonchev–Trinajstić information content (AvgIpc) is 2.50. The molecule has 0 N–H and O–H groups in total. The molecule has 7 heteroatoms. The molecule has 0 bridgehead atoms. The molecule has 25 heavy (non-hydrogen) atoms. The number of esters is 1. The van der Waals surface area contributed by atoms with Gasteiger partial charge in [0.2, 0.25) is 0 Å². The van der Waals surface area contributed by atoms with Crippen molar-refractivity contribution in [2.75, 3.05) is 17.3 Å². The average molecular weight is 363 g/mol. The summed E-state index contributed by atoms with van der Waals surface area (Å²) in [5.41, 5.74) is 0.439. The van der Waals surface area contributed by atoms with Crippen molar-refractivity contribution >= 4 is 34.6 Å². The number of rotatable bonds is 4. The van der Waals surface area contributed by atoms with Gasteiger partial charge in [-0.15, -0.1) is 0 Å². The van der Waals surface area contributed by atoms with Gasteiger partial charge in [0.1, 0.15) is 6.54 Å². The Morgan fingerprint density at radius 3 is 2.48 bits per heavy atom. The Balaban J connectivity index is 2.28. The van der Waals surface area contributed by atoms with Crippen LogP contribution in [-0.2, 0) is 9.53 Å². The minimum atomic E-state index is -0.444. The molecule has 2 amide bonds. The van der Waals surface area contributed by atoms with Crippen LogP contribution in [0.1, 0.15) is 34.6 Å². The predicted molar refractivity (Wildman–Crippen MR) is 102 cm³/mol. The molecule has 1 aliphatic heterocycles. The molecule has 136 valence electrons. The first kappa shape index (κ1) is 19.3. The van der Waals surface area contributed by atoms with Gasteiger partial charge in [-0.3, -0.25) is 19.6 Å². The molecule has 0 aliphatic carbocycles. The second-order valence-electron chi connectivity index (χ2n) is 7.01. The van der Waals surface area contributed by atoms with Gasteiger partial charge in [-0.25, -0.2) is 4.79 Å². The van der Waals surface area contributed by atoms with Crippen LogP contribution >= 0.6 is 11.8 Å². The number of anilines is 1.